The number of nitrogens with zero attached hydrogens (tertiary/aromatic N) is 1. The molecule has 150 valence electrons. The molecular weight excluding hydrogens is 359 g/mol. The van der Waals surface area contributed by atoms with Crippen LogP contribution in [-0.4, -0.2) is 43.7 Å². The van der Waals surface area contributed by atoms with E-state index in [2.05, 4.69) is 10.2 Å². The van der Waals surface area contributed by atoms with Crippen LogP contribution in [-0.2, 0) is 4.79 Å². The van der Waals surface area contributed by atoms with Crippen molar-refractivity contribution >= 4 is 5.91 Å². The van der Waals surface area contributed by atoms with Crippen LogP contribution < -0.4 is 14.8 Å². The third-order valence-electron chi connectivity index (χ3n) is 5.05. The molecule has 5 nitrogen and oxygen atoms in total. The van der Waals surface area contributed by atoms with Crippen molar-refractivity contribution in [1.29, 1.82) is 0 Å². The Labute approximate surface area is 165 Å². The van der Waals surface area contributed by atoms with Gasteiger partial charge in [0.15, 0.2) is 6.10 Å². The summed E-state index contributed by atoms with van der Waals surface area (Å²) in [7, 11) is 1.65. The lowest BCUT2D eigenvalue weighted by Crippen LogP contribution is -2.42. The fourth-order valence-corrected chi connectivity index (χ4v) is 3.45. The van der Waals surface area contributed by atoms with Crippen LogP contribution in [0.15, 0.2) is 48.5 Å². The van der Waals surface area contributed by atoms with Gasteiger partial charge in [0.25, 0.3) is 5.91 Å². The number of hydrogen-bond acceptors (Lipinski definition) is 4. The highest BCUT2D eigenvalue weighted by Crippen LogP contribution is 2.26. The van der Waals surface area contributed by atoms with Gasteiger partial charge in [-0.3, -0.25) is 9.69 Å². The van der Waals surface area contributed by atoms with Gasteiger partial charge in [0.2, 0.25) is 0 Å². The highest BCUT2D eigenvalue weighted by molar-refractivity contribution is 5.80. The molecule has 0 spiro atoms. The quantitative estimate of drug-likeness (QED) is 0.754. The zero-order chi connectivity index (χ0) is 19.9. The zero-order valence-electron chi connectivity index (χ0n) is 16.4. The molecule has 1 aliphatic rings. The summed E-state index contributed by atoms with van der Waals surface area (Å²) in [4.78, 5) is 14.9. The summed E-state index contributed by atoms with van der Waals surface area (Å²) in [5.74, 6) is 0.754. The van der Waals surface area contributed by atoms with Crippen molar-refractivity contribution in [3.05, 3.63) is 59.9 Å². The Balaban J connectivity index is 1.61. The topological polar surface area (TPSA) is 50.8 Å². The molecule has 0 aromatic heterocycles. The predicted octanol–water partition coefficient (Wildman–Crippen LogP) is 3.55. The number of benzene rings is 2. The van der Waals surface area contributed by atoms with Crippen LogP contribution in [0, 0.1) is 5.82 Å². The van der Waals surface area contributed by atoms with Crippen molar-refractivity contribution in [2.24, 2.45) is 0 Å². The second-order valence-electron chi connectivity index (χ2n) is 6.99. The molecule has 6 heteroatoms. The van der Waals surface area contributed by atoms with Crippen molar-refractivity contribution in [2.75, 3.05) is 26.7 Å². The molecule has 0 unspecified atom stereocenters. The van der Waals surface area contributed by atoms with E-state index in [1.165, 1.54) is 37.1 Å². The van der Waals surface area contributed by atoms with Gasteiger partial charge in [0.05, 0.1) is 13.2 Å². The van der Waals surface area contributed by atoms with Gasteiger partial charge in [0.1, 0.15) is 17.3 Å². The Hall–Kier alpha value is -2.60. The summed E-state index contributed by atoms with van der Waals surface area (Å²) in [6.07, 6.45) is 1.68. The maximum Gasteiger partial charge on any atom is 0.260 e. The van der Waals surface area contributed by atoms with E-state index >= 15 is 0 Å². The van der Waals surface area contributed by atoms with Crippen molar-refractivity contribution in [3.8, 4) is 11.5 Å². The van der Waals surface area contributed by atoms with E-state index in [-0.39, 0.29) is 17.8 Å². The first-order chi connectivity index (χ1) is 13.6. The summed E-state index contributed by atoms with van der Waals surface area (Å²) >= 11 is 0. The minimum atomic E-state index is -0.666. The molecule has 0 saturated carbocycles. The van der Waals surface area contributed by atoms with Crippen LogP contribution in [0.2, 0.25) is 0 Å². The van der Waals surface area contributed by atoms with Crippen LogP contribution in [0.3, 0.4) is 0 Å². The number of methoxy groups -OCH3 is 1. The van der Waals surface area contributed by atoms with Crippen LogP contribution in [0.5, 0.6) is 11.5 Å². The van der Waals surface area contributed by atoms with E-state index in [9.17, 15) is 9.18 Å². The van der Waals surface area contributed by atoms with E-state index in [1.54, 1.807) is 14.0 Å². The second-order valence-corrected chi connectivity index (χ2v) is 6.99. The Morgan fingerprint density at radius 2 is 1.68 bits per heavy atom. The maximum absolute atomic E-state index is 13.0. The SMILES string of the molecule is COc1ccc([C@@H](CNC(=O)[C@H](C)Oc2ccc(F)cc2)N2CCCC2)cc1. The van der Waals surface area contributed by atoms with Crippen LogP contribution >= 0.6 is 0 Å². The van der Waals surface area contributed by atoms with Gasteiger partial charge in [0, 0.05) is 6.54 Å². The Morgan fingerprint density at radius 1 is 1.07 bits per heavy atom. The van der Waals surface area contributed by atoms with E-state index < -0.39 is 6.10 Å². The fraction of sp³-hybridized carbons (Fsp3) is 0.409. The summed E-state index contributed by atoms with van der Waals surface area (Å²) in [5, 5.41) is 3.01. The van der Waals surface area contributed by atoms with E-state index in [1.807, 2.05) is 24.3 Å². The molecule has 28 heavy (non-hydrogen) atoms. The number of halogens is 1. The van der Waals surface area contributed by atoms with Crippen molar-refractivity contribution < 1.29 is 18.7 Å². The molecule has 0 radical (unpaired) electrons. The molecule has 0 bridgehead atoms. The summed E-state index contributed by atoms with van der Waals surface area (Å²) in [6.45, 7) is 4.24. The van der Waals surface area contributed by atoms with Gasteiger partial charge < -0.3 is 14.8 Å². The van der Waals surface area contributed by atoms with Crippen molar-refractivity contribution in [2.45, 2.75) is 31.9 Å². The number of carbonyl (C=O) groups excluding carboxylic acids is 1. The van der Waals surface area contributed by atoms with E-state index in [0.29, 0.717) is 12.3 Å². The lowest BCUT2D eigenvalue weighted by Gasteiger charge is -2.29. The molecule has 2 aromatic rings. The Morgan fingerprint density at radius 3 is 2.29 bits per heavy atom. The summed E-state index contributed by atoms with van der Waals surface area (Å²) in [5.41, 5.74) is 1.15. The first-order valence-electron chi connectivity index (χ1n) is 9.65. The minimum Gasteiger partial charge on any atom is -0.497 e. The molecule has 1 N–H and O–H groups in total. The molecule has 3 rings (SSSR count). The number of carbonyl (C=O) groups is 1. The first kappa shape index (κ1) is 20.1. The number of nitrogens with one attached hydrogen (secondary N) is 1. The third kappa shape index (κ3) is 5.23. The fourth-order valence-electron chi connectivity index (χ4n) is 3.45. The Bertz CT molecular complexity index is 758. The molecule has 1 heterocycles. The van der Waals surface area contributed by atoms with E-state index in [0.717, 1.165) is 24.4 Å². The van der Waals surface area contributed by atoms with Gasteiger partial charge in [-0.25, -0.2) is 4.39 Å². The molecule has 0 aliphatic carbocycles. The average Bonchev–Trinajstić information content (AvgIpc) is 3.24. The largest absolute Gasteiger partial charge is 0.497 e. The van der Waals surface area contributed by atoms with Crippen LogP contribution in [0.4, 0.5) is 4.39 Å². The van der Waals surface area contributed by atoms with Crippen LogP contribution in [0.25, 0.3) is 0 Å². The standard InChI is InChI=1S/C22H27FN2O3/c1-16(28-20-11-7-18(23)8-12-20)22(26)24-15-21(25-13-3-4-14-25)17-5-9-19(27-2)10-6-17/h5-12,16,21H,3-4,13-15H2,1-2H3,(H,24,26)/t16-,21+/m0/s1. The molecule has 2 aromatic carbocycles. The van der Waals surface area contributed by atoms with Crippen molar-refractivity contribution in [1.82, 2.24) is 10.2 Å². The maximum atomic E-state index is 13.0. The molecule has 1 fully saturated rings. The monoisotopic (exact) mass is 386 g/mol. The van der Waals surface area contributed by atoms with Gasteiger partial charge in [-0.15, -0.1) is 0 Å². The Kier molecular flexibility index (Phi) is 6.87. The van der Waals surface area contributed by atoms with E-state index in [4.69, 9.17) is 9.47 Å². The molecular formula is C22H27FN2O3. The number of ether oxygens (including phenoxy) is 2. The number of likely N-dealkylation sites (tertiary alicyclic amines) is 1. The normalized spacial score (nSPS) is 16.4. The van der Waals surface area contributed by atoms with Gasteiger partial charge in [-0.1, -0.05) is 12.1 Å². The smallest absolute Gasteiger partial charge is 0.260 e. The first-order valence-corrected chi connectivity index (χ1v) is 9.65. The van der Waals surface area contributed by atoms with Gasteiger partial charge in [-0.05, 0) is 74.8 Å². The van der Waals surface area contributed by atoms with Gasteiger partial charge >= 0.3 is 0 Å². The highest BCUT2D eigenvalue weighted by atomic mass is 19.1. The summed E-state index contributed by atoms with van der Waals surface area (Å²) < 4.78 is 23.9. The molecule has 1 aliphatic heterocycles. The minimum absolute atomic E-state index is 0.107. The molecule has 2 atom stereocenters. The molecule has 1 amide bonds. The second kappa shape index (κ2) is 9.55. The number of rotatable bonds is 8. The van der Waals surface area contributed by atoms with Crippen molar-refractivity contribution in [3.63, 3.8) is 0 Å². The molecule has 1 saturated heterocycles. The number of amides is 1. The third-order valence-corrected chi connectivity index (χ3v) is 5.05. The lowest BCUT2D eigenvalue weighted by atomic mass is 10.1. The zero-order valence-corrected chi connectivity index (χ0v) is 16.4. The average molecular weight is 386 g/mol. The summed E-state index contributed by atoms with van der Waals surface area (Å²) in [6, 6.07) is 13.8. The number of hydrogen-bond donors (Lipinski definition) is 1. The highest BCUT2D eigenvalue weighted by Gasteiger charge is 2.25. The van der Waals surface area contributed by atoms with Gasteiger partial charge in [-0.2, -0.15) is 0 Å². The lowest BCUT2D eigenvalue weighted by molar-refractivity contribution is -0.127. The van der Waals surface area contributed by atoms with Crippen LogP contribution in [0.1, 0.15) is 31.4 Å². The predicted molar refractivity (Wildman–Crippen MR) is 106 cm³/mol.